The second-order valence-electron chi connectivity index (χ2n) is 5.53. The van der Waals surface area contributed by atoms with E-state index in [1.165, 1.54) is 6.07 Å². The molecule has 1 aromatic rings. The molecule has 0 spiro atoms. The molecule has 1 fully saturated rings. The van der Waals surface area contributed by atoms with Crippen molar-refractivity contribution in [1.29, 1.82) is 0 Å². The van der Waals surface area contributed by atoms with E-state index in [9.17, 15) is 18.3 Å². The van der Waals surface area contributed by atoms with Gasteiger partial charge in [0.15, 0.2) is 0 Å². The predicted molar refractivity (Wildman–Crippen MR) is 79.2 cm³/mol. The molecule has 0 saturated heterocycles. The number of aromatic carboxylic acids is 1. The fourth-order valence-electron chi connectivity index (χ4n) is 2.68. The number of aliphatic hydroxyl groups is 1. The average Bonchev–Trinajstić information content (AvgIpc) is 3.04. The van der Waals surface area contributed by atoms with Gasteiger partial charge < -0.3 is 10.2 Å². The molecule has 2 rings (SSSR count). The molecule has 1 aliphatic rings. The molecular formula is C13H19NO5S2. The van der Waals surface area contributed by atoms with E-state index in [0.29, 0.717) is 4.88 Å². The molecule has 0 aromatic carbocycles. The zero-order valence-electron chi connectivity index (χ0n) is 11.8. The summed E-state index contributed by atoms with van der Waals surface area (Å²) in [5, 5.41) is 18.4. The first kappa shape index (κ1) is 16.4. The van der Waals surface area contributed by atoms with Crippen molar-refractivity contribution in [2.24, 2.45) is 5.41 Å². The highest BCUT2D eigenvalue weighted by atomic mass is 32.2. The van der Waals surface area contributed by atoms with E-state index in [1.54, 1.807) is 6.92 Å². The van der Waals surface area contributed by atoms with Crippen LogP contribution in [0.3, 0.4) is 0 Å². The quantitative estimate of drug-likeness (QED) is 0.733. The van der Waals surface area contributed by atoms with E-state index < -0.39 is 16.0 Å². The van der Waals surface area contributed by atoms with Gasteiger partial charge in [0.25, 0.3) is 0 Å². The van der Waals surface area contributed by atoms with Crippen LogP contribution in [0.15, 0.2) is 11.0 Å². The second kappa shape index (κ2) is 6.04. The van der Waals surface area contributed by atoms with E-state index in [4.69, 9.17) is 5.11 Å². The number of sulfonamides is 1. The van der Waals surface area contributed by atoms with Crippen LogP contribution in [0, 0.1) is 12.3 Å². The zero-order valence-corrected chi connectivity index (χ0v) is 13.4. The van der Waals surface area contributed by atoms with Gasteiger partial charge in [0, 0.05) is 23.4 Å². The molecule has 0 bridgehead atoms. The number of hydrogen-bond acceptors (Lipinski definition) is 5. The molecular weight excluding hydrogens is 314 g/mol. The molecule has 6 nitrogen and oxygen atoms in total. The Kier molecular flexibility index (Phi) is 4.72. The van der Waals surface area contributed by atoms with Gasteiger partial charge in [-0.25, -0.2) is 17.9 Å². The zero-order chi connectivity index (χ0) is 15.7. The van der Waals surface area contributed by atoms with E-state index in [0.717, 1.165) is 37.0 Å². The lowest BCUT2D eigenvalue weighted by molar-refractivity contribution is 0.0702. The Balaban J connectivity index is 2.17. The van der Waals surface area contributed by atoms with Crippen molar-refractivity contribution in [2.45, 2.75) is 37.5 Å². The maximum atomic E-state index is 12.3. The Morgan fingerprint density at radius 1 is 1.43 bits per heavy atom. The highest BCUT2D eigenvalue weighted by molar-refractivity contribution is 7.89. The highest BCUT2D eigenvalue weighted by Gasteiger charge is 2.35. The van der Waals surface area contributed by atoms with Crippen molar-refractivity contribution in [2.75, 3.05) is 13.2 Å². The van der Waals surface area contributed by atoms with Crippen molar-refractivity contribution in [1.82, 2.24) is 4.72 Å². The summed E-state index contributed by atoms with van der Waals surface area (Å²) in [6.07, 6.45) is 3.58. The van der Waals surface area contributed by atoms with Crippen molar-refractivity contribution < 1.29 is 23.4 Å². The number of rotatable bonds is 6. The maximum absolute atomic E-state index is 12.3. The minimum Gasteiger partial charge on any atom is -0.477 e. The number of hydrogen-bond donors (Lipinski definition) is 3. The molecule has 118 valence electrons. The third-order valence-corrected chi connectivity index (χ3v) is 6.70. The van der Waals surface area contributed by atoms with Crippen LogP contribution in [0.2, 0.25) is 0 Å². The molecule has 1 aliphatic carbocycles. The fraction of sp³-hybridized carbons (Fsp3) is 0.615. The molecule has 3 N–H and O–H groups in total. The summed E-state index contributed by atoms with van der Waals surface area (Å²) in [7, 11) is -3.75. The third-order valence-electron chi connectivity index (χ3n) is 4.01. The summed E-state index contributed by atoms with van der Waals surface area (Å²) in [5.41, 5.74) is -0.382. The van der Waals surface area contributed by atoms with Crippen molar-refractivity contribution in [3.8, 4) is 0 Å². The van der Waals surface area contributed by atoms with Gasteiger partial charge in [-0.15, -0.1) is 11.3 Å². The van der Waals surface area contributed by atoms with Crippen LogP contribution in [0.4, 0.5) is 0 Å². The molecule has 0 atom stereocenters. The van der Waals surface area contributed by atoms with Gasteiger partial charge in [-0.05, 0) is 25.8 Å². The van der Waals surface area contributed by atoms with E-state index in [1.807, 2.05) is 0 Å². The molecule has 1 heterocycles. The summed E-state index contributed by atoms with van der Waals surface area (Å²) < 4.78 is 27.2. The maximum Gasteiger partial charge on any atom is 0.345 e. The van der Waals surface area contributed by atoms with Crippen LogP contribution in [0.25, 0.3) is 0 Å². The number of carbonyl (C=O) groups is 1. The Morgan fingerprint density at radius 2 is 2.05 bits per heavy atom. The Bertz CT molecular complexity index is 629. The van der Waals surface area contributed by atoms with Gasteiger partial charge in [0.1, 0.15) is 4.88 Å². The monoisotopic (exact) mass is 333 g/mol. The Hall–Kier alpha value is -0.960. The molecule has 1 saturated carbocycles. The second-order valence-corrected chi connectivity index (χ2v) is 8.52. The van der Waals surface area contributed by atoms with Crippen LogP contribution < -0.4 is 4.72 Å². The standard InChI is InChI=1S/C13H19NO5S2/c1-9-11(6-10(20-9)12(16)17)21(18,19)14-7-13(8-15)4-2-3-5-13/h6,14-15H,2-5,7-8H2,1H3,(H,16,17). The van der Waals surface area contributed by atoms with Crippen LogP contribution in [0.5, 0.6) is 0 Å². The van der Waals surface area contributed by atoms with Crippen molar-refractivity contribution in [3.63, 3.8) is 0 Å². The molecule has 21 heavy (non-hydrogen) atoms. The largest absolute Gasteiger partial charge is 0.477 e. The Morgan fingerprint density at radius 3 is 2.52 bits per heavy atom. The van der Waals surface area contributed by atoms with Crippen LogP contribution in [-0.4, -0.2) is 37.8 Å². The molecule has 0 unspecified atom stereocenters. The van der Waals surface area contributed by atoms with E-state index in [2.05, 4.69) is 4.72 Å². The Labute approximate surface area is 127 Å². The normalized spacial score (nSPS) is 18.0. The first-order valence-corrected chi connectivity index (χ1v) is 9.04. The highest BCUT2D eigenvalue weighted by Crippen LogP contribution is 2.37. The van der Waals surface area contributed by atoms with Gasteiger partial charge in [-0.1, -0.05) is 12.8 Å². The third kappa shape index (κ3) is 3.45. The number of thiophene rings is 1. The van der Waals surface area contributed by atoms with Crippen molar-refractivity contribution >= 4 is 27.3 Å². The number of nitrogens with one attached hydrogen (secondary N) is 1. The van der Waals surface area contributed by atoms with E-state index >= 15 is 0 Å². The molecule has 8 heteroatoms. The molecule has 0 aliphatic heterocycles. The van der Waals surface area contributed by atoms with Crippen LogP contribution >= 0.6 is 11.3 Å². The molecule has 0 amide bonds. The fourth-order valence-corrected chi connectivity index (χ4v) is 5.26. The number of aliphatic hydroxyl groups excluding tert-OH is 1. The number of aryl methyl sites for hydroxylation is 1. The van der Waals surface area contributed by atoms with E-state index in [-0.39, 0.29) is 28.3 Å². The smallest absolute Gasteiger partial charge is 0.345 e. The van der Waals surface area contributed by atoms with Gasteiger partial charge >= 0.3 is 5.97 Å². The van der Waals surface area contributed by atoms with Crippen molar-refractivity contribution in [3.05, 3.63) is 15.8 Å². The van der Waals surface area contributed by atoms with Gasteiger partial charge in [0.2, 0.25) is 10.0 Å². The summed E-state index contributed by atoms with van der Waals surface area (Å²) >= 11 is 0.944. The first-order chi connectivity index (χ1) is 9.80. The minimum absolute atomic E-state index is 0.00520. The van der Waals surface area contributed by atoms with Gasteiger partial charge in [-0.3, -0.25) is 0 Å². The number of carboxylic acid groups (broad SMARTS) is 1. The van der Waals surface area contributed by atoms with Crippen LogP contribution in [0.1, 0.15) is 40.2 Å². The van der Waals surface area contributed by atoms with Gasteiger partial charge in [0.05, 0.1) is 4.90 Å². The SMILES string of the molecule is Cc1sc(C(=O)O)cc1S(=O)(=O)NCC1(CO)CCCC1. The average molecular weight is 333 g/mol. The first-order valence-electron chi connectivity index (χ1n) is 6.74. The molecule has 0 radical (unpaired) electrons. The van der Waals surface area contributed by atoms with Crippen LogP contribution in [-0.2, 0) is 10.0 Å². The lowest BCUT2D eigenvalue weighted by Crippen LogP contribution is -2.38. The summed E-state index contributed by atoms with van der Waals surface area (Å²) in [4.78, 5) is 11.4. The lowest BCUT2D eigenvalue weighted by Gasteiger charge is -2.26. The summed E-state index contributed by atoms with van der Waals surface area (Å²) in [6.45, 7) is 1.73. The summed E-state index contributed by atoms with van der Waals surface area (Å²) in [5.74, 6) is -1.13. The lowest BCUT2D eigenvalue weighted by atomic mass is 9.88. The topological polar surface area (TPSA) is 104 Å². The minimum atomic E-state index is -3.75. The molecule has 1 aromatic heterocycles. The summed E-state index contributed by atoms with van der Waals surface area (Å²) in [6, 6.07) is 1.19. The predicted octanol–water partition coefficient (Wildman–Crippen LogP) is 1.59. The number of carboxylic acids is 1. The van der Waals surface area contributed by atoms with Gasteiger partial charge in [-0.2, -0.15) is 0 Å².